The van der Waals surface area contributed by atoms with Crippen molar-refractivity contribution in [3.63, 3.8) is 0 Å². The van der Waals surface area contributed by atoms with Crippen LogP contribution in [0, 0.1) is 5.41 Å². The van der Waals surface area contributed by atoms with Crippen LogP contribution in [0.2, 0.25) is 5.28 Å². The number of aromatic nitrogens is 3. The van der Waals surface area contributed by atoms with Crippen LogP contribution in [-0.2, 0) is 6.54 Å². The Bertz CT molecular complexity index is 366. The summed E-state index contributed by atoms with van der Waals surface area (Å²) in [5.74, 6) is 1.41. The quantitative estimate of drug-likeness (QED) is 0.788. The van der Waals surface area contributed by atoms with Crippen LogP contribution in [0.15, 0.2) is 0 Å². The molecule has 0 spiro atoms. The summed E-state index contributed by atoms with van der Waals surface area (Å²) >= 11 is 6.11. The molecule has 0 N–H and O–H groups in total. The van der Waals surface area contributed by atoms with Gasteiger partial charge in [-0.05, 0) is 36.3 Å². The van der Waals surface area contributed by atoms with Crippen LogP contribution in [0.25, 0.3) is 0 Å². The summed E-state index contributed by atoms with van der Waals surface area (Å²) in [4.78, 5) is 0. The summed E-state index contributed by atoms with van der Waals surface area (Å²) < 4.78 is 2.11. The van der Waals surface area contributed by atoms with Crippen LogP contribution >= 0.6 is 11.6 Å². The number of hydrogen-bond donors (Lipinski definition) is 0. The van der Waals surface area contributed by atoms with Gasteiger partial charge in [0.2, 0.25) is 5.28 Å². The molecule has 4 heteroatoms. The average Bonchev–Trinajstić information content (AvgIpc) is 2.87. The molecule has 0 aliphatic heterocycles. The molecule has 16 heavy (non-hydrogen) atoms. The van der Waals surface area contributed by atoms with Crippen molar-refractivity contribution in [3.8, 4) is 0 Å². The number of nitrogens with zero attached hydrogens (tertiary/aromatic N) is 3. The first kappa shape index (κ1) is 11.9. The highest BCUT2D eigenvalue weighted by molar-refractivity contribution is 6.28. The molecule has 0 atom stereocenters. The van der Waals surface area contributed by atoms with Crippen molar-refractivity contribution in [2.75, 3.05) is 0 Å². The third-order valence-electron chi connectivity index (χ3n) is 3.48. The third-order valence-corrected chi connectivity index (χ3v) is 3.76. The monoisotopic (exact) mass is 241 g/mol. The molecule has 0 saturated heterocycles. The van der Waals surface area contributed by atoms with E-state index in [9.17, 15) is 0 Å². The maximum Gasteiger partial charge on any atom is 0.225 e. The SMILES string of the molecule is CCCC1(Cn2c(Cl)nnc2C(C)C)CC1. The van der Waals surface area contributed by atoms with Gasteiger partial charge in [0.1, 0.15) is 5.82 Å². The minimum atomic E-state index is 0.387. The maximum absolute atomic E-state index is 6.11. The topological polar surface area (TPSA) is 30.7 Å². The second-order valence-electron chi connectivity index (χ2n) is 5.32. The molecule has 1 aliphatic carbocycles. The average molecular weight is 242 g/mol. The fourth-order valence-electron chi connectivity index (χ4n) is 2.40. The molecule has 1 aliphatic rings. The van der Waals surface area contributed by atoms with Crippen molar-refractivity contribution in [1.82, 2.24) is 14.8 Å². The van der Waals surface area contributed by atoms with Crippen molar-refractivity contribution in [2.45, 2.75) is 58.9 Å². The number of halogens is 1. The number of hydrogen-bond acceptors (Lipinski definition) is 2. The van der Waals surface area contributed by atoms with Gasteiger partial charge in [0.15, 0.2) is 0 Å². The van der Waals surface area contributed by atoms with Gasteiger partial charge in [-0.2, -0.15) is 0 Å². The Labute approximate surface area is 102 Å². The molecule has 1 saturated carbocycles. The summed E-state index contributed by atoms with van der Waals surface area (Å²) in [5, 5.41) is 8.70. The van der Waals surface area contributed by atoms with Crippen LogP contribution in [0.4, 0.5) is 0 Å². The third kappa shape index (κ3) is 2.24. The highest BCUT2D eigenvalue weighted by Crippen LogP contribution is 2.51. The highest BCUT2D eigenvalue weighted by Gasteiger charge is 2.42. The van der Waals surface area contributed by atoms with Crippen LogP contribution in [-0.4, -0.2) is 14.8 Å². The van der Waals surface area contributed by atoms with Crippen molar-refractivity contribution >= 4 is 11.6 Å². The molecule has 0 unspecified atom stereocenters. The highest BCUT2D eigenvalue weighted by atomic mass is 35.5. The molecule has 0 bridgehead atoms. The van der Waals surface area contributed by atoms with Gasteiger partial charge in [-0.1, -0.05) is 27.2 Å². The Morgan fingerprint density at radius 2 is 2.06 bits per heavy atom. The Morgan fingerprint density at radius 1 is 1.38 bits per heavy atom. The Hall–Kier alpha value is -0.570. The lowest BCUT2D eigenvalue weighted by molar-refractivity contribution is 0.378. The Kier molecular flexibility index (Phi) is 3.24. The molecule has 1 aromatic heterocycles. The van der Waals surface area contributed by atoms with Crippen molar-refractivity contribution in [3.05, 3.63) is 11.1 Å². The largest absolute Gasteiger partial charge is 0.301 e. The molecule has 0 aromatic carbocycles. The first-order valence-electron chi connectivity index (χ1n) is 6.16. The van der Waals surface area contributed by atoms with E-state index < -0.39 is 0 Å². The zero-order valence-corrected chi connectivity index (χ0v) is 11.1. The molecule has 2 rings (SSSR count). The van der Waals surface area contributed by atoms with Crippen LogP contribution in [0.1, 0.15) is 58.2 Å². The first-order chi connectivity index (χ1) is 7.58. The summed E-state index contributed by atoms with van der Waals surface area (Å²) in [6.07, 6.45) is 5.19. The van der Waals surface area contributed by atoms with E-state index in [4.69, 9.17) is 11.6 Å². The van der Waals surface area contributed by atoms with E-state index in [0.717, 1.165) is 12.4 Å². The molecule has 90 valence electrons. The standard InChI is InChI=1S/C12H20ClN3/c1-4-5-12(6-7-12)8-16-10(9(2)3)14-15-11(16)13/h9H,4-8H2,1-3H3. The molecule has 0 amide bonds. The first-order valence-corrected chi connectivity index (χ1v) is 6.54. The molecule has 0 radical (unpaired) electrons. The predicted molar refractivity (Wildman–Crippen MR) is 65.7 cm³/mol. The van der Waals surface area contributed by atoms with Crippen molar-refractivity contribution < 1.29 is 0 Å². The van der Waals surface area contributed by atoms with Gasteiger partial charge in [0, 0.05) is 12.5 Å². The van der Waals surface area contributed by atoms with Gasteiger partial charge in [0.05, 0.1) is 0 Å². The van der Waals surface area contributed by atoms with Crippen LogP contribution < -0.4 is 0 Å². The smallest absolute Gasteiger partial charge is 0.225 e. The normalized spacial score (nSPS) is 18.1. The van der Waals surface area contributed by atoms with Gasteiger partial charge in [-0.25, -0.2) is 0 Å². The second-order valence-corrected chi connectivity index (χ2v) is 5.66. The molecule has 1 fully saturated rings. The minimum Gasteiger partial charge on any atom is -0.301 e. The predicted octanol–water partition coefficient (Wildman–Crippen LogP) is 3.64. The zero-order chi connectivity index (χ0) is 11.8. The minimum absolute atomic E-state index is 0.387. The van der Waals surface area contributed by atoms with E-state index in [-0.39, 0.29) is 0 Å². The van der Waals surface area contributed by atoms with E-state index in [1.165, 1.54) is 25.7 Å². The lowest BCUT2D eigenvalue weighted by Gasteiger charge is -2.17. The van der Waals surface area contributed by atoms with Gasteiger partial charge in [0.25, 0.3) is 0 Å². The maximum atomic E-state index is 6.11. The van der Waals surface area contributed by atoms with Gasteiger partial charge < -0.3 is 4.57 Å². The van der Waals surface area contributed by atoms with Crippen LogP contribution in [0.5, 0.6) is 0 Å². The molecule has 3 nitrogen and oxygen atoms in total. The second kappa shape index (κ2) is 4.36. The van der Waals surface area contributed by atoms with Crippen molar-refractivity contribution in [2.24, 2.45) is 5.41 Å². The summed E-state index contributed by atoms with van der Waals surface area (Å²) in [7, 11) is 0. The van der Waals surface area contributed by atoms with E-state index in [1.54, 1.807) is 0 Å². The summed E-state index contributed by atoms with van der Waals surface area (Å²) in [5.41, 5.74) is 0.490. The lowest BCUT2D eigenvalue weighted by atomic mass is 10.0. The van der Waals surface area contributed by atoms with E-state index in [2.05, 4.69) is 35.5 Å². The van der Waals surface area contributed by atoms with E-state index >= 15 is 0 Å². The fourth-order valence-corrected chi connectivity index (χ4v) is 2.58. The summed E-state index contributed by atoms with van der Waals surface area (Å²) in [6, 6.07) is 0. The lowest BCUT2D eigenvalue weighted by Crippen LogP contribution is -2.15. The van der Waals surface area contributed by atoms with Crippen LogP contribution in [0.3, 0.4) is 0 Å². The molecule has 1 aromatic rings. The molecular formula is C12H20ClN3. The Morgan fingerprint density at radius 3 is 2.56 bits per heavy atom. The molecular weight excluding hydrogens is 222 g/mol. The summed E-state index contributed by atoms with van der Waals surface area (Å²) in [6.45, 7) is 7.52. The van der Waals surface area contributed by atoms with Gasteiger partial charge in [-0.3, -0.25) is 0 Å². The fraction of sp³-hybridized carbons (Fsp3) is 0.833. The van der Waals surface area contributed by atoms with E-state index in [1.807, 2.05) is 0 Å². The zero-order valence-electron chi connectivity index (χ0n) is 10.3. The van der Waals surface area contributed by atoms with E-state index in [0.29, 0.717) is 16.6 Å². The molecule has 1 heterocycles. The Balaban J connectivity index is 2.17. The number of rotatable bonds is 5. The van der Waals surface area contributed by atoms with Crippen molar-refractivity contribution in [1.29, 1.82) is 0 Å². The van der Waals surface area contributed by atoms with Gasteiger partial charge in [-0.15, -0.1) is 10.2 Å². The van der Waals surface area contributed by atoms with Gasteiger partial charge >= 0.3 is 0 Å².